The maximum Gasteiger partial charge on any atom is 0.0529 e. The Morgan fingerprint density at radius 2 is 2.19 bits per heavy atom. The van der Waals surface area contributed by atoms with Crippen LogP contribution < -0.4 is 5.32 Å². The highest BCUT2D eigenvalue weighted by atomic mass is 32.2. The minimum absolute atomic E-state index is 0.509. The van der Waals surface area contributed by atoms with Crippen molar-refractivity contribution in [1.29, 1.82) is 0 Å². The van der Waals surface area contributed by atoms with E-state index in [0.29, 0.717) is 6.04 Å². The van der Waals surface area contributed by atoms with E-state index in [1.165, 1.54) is 5.56 Å². The largest absolute Gasteiger partial charge is 0.317 e. The van der Waals surface area contributed by atoms with E-state index < -0.39 is 10.8 Å². The molecule has 2 atom stereocenters. The van der Waals surface area contributed by atoms with Gasteiger partial charge in [-0.05, 0) is 51.4 Å². The van der Waals surface area contributed by atoms with Crippen molar-refractivity contribution in [3.8, 4) is 0 Å². The second kappa shape index (κ2) is 6.81. The lowest BCUT2D eigenvalue weighted by Gasteiger charge is -2.09. The molecule has 1 aromatic rings. The molecule has 0 bridgehead atoms. The van der Waals surface area contributed by atoms with Gasteiger partial charge >= 0.3 is 0 Å². The summed E-state index contributed by atoms with van der Waals surface area (Å²) in [6, 6.07) is 8.47. The van der Waals surface area contributed by atoms with Crippen molar-refractivity contribution in [1.82, 2.24) is 5.32 Å². The van der Waals surface area contributed by atoms with Crippen LogP contribution in [0.4, 0.5) is 0 Å². The molecule has 0 aliphatic rings. The smallest absolute Gasteiger partial charge is 0.0529 e. The molecule has 0 radical (unpaired) electrons. The molecule has 3 heteroatoms. The zero-order valence-electron chi connectivity index (χ0n) is 10.3. The summed E-state index contributed by atoms with van der Waals surface area (Å²) in [4.78, 5) is 0.956. The molecular formula is C13H21NOS. The second-order valence-electron chi connectivity index (χ2n) is 4.20. The average Bonchev–Trinajstić information content (AvgIpc) is 2.28. The number of rotatable bonds is 6. The summed E-state index contributed by atoms with van der Waals surface area (Å²) in [6.45, 7) is 4.18. The first kappa shape index (κ1) is 13.4. The molecular weight excluding hydrogens is 218 g/mol. The standard InChI is InChI=1S/C13H21NOS/c1-11-6-4-8-13(10-11)16(15)9-5-7-12(2)14-3/h4,6,8,10,12,14H,5,7,9H2,1-3H3. The molecule has 2 unspecified atom stereocenters. The van der Waals surface area contributed by atoms with Crippen molar-refractivity contribution in [2.45, 2.75) is 37.6 Å². The highest BCUT2D eigenvalue weighted by Gasteiger charge is 2.05. The lowest BCUT2D eigenvalue weighted by molar-refractivity contribution is 0.557. The Morgan fingerprint density at radius 3 is 2.81 bits per heavy atom. The third kappa shape index (κ3) is 4.45. The van der Waals surface area contributed by atoms with Crippen LogP contribution in [0.3, 0.4) is 0 Å². The SMILES string of the molecule is CNC(C)CCCS(=O)c1cccc(C)c1. The van der Waals surface area contributed by atoms with Crippen LogP contribution in [0.15, 0.2) is 29.2 Å². The van der Waals surface area contributed by atoms with Gasteiger partial charge in [0.1, 0.15) is 0 Å². The van der Waals surface area contributed by atoms with Gasteiger partial charge in [0.25, 0.3) is 0 Å². The van der Waals surface area contributed by atoms with Gasteiger partial charge in [0, 0.05) is 16.7 Å². The molecule has 0 heterocycles. The fraction of sp³-hybridized carbons (Fsp3) is 0.538. The Balaban J connectivity index is 2.41. The van der Waals surface area contributed by atoms with Crippen LogP contribution >= 0.6 is 0 Å². The van der Waals surface area contributed by atoms with Gasteiger partial charge in [0.05, 0.1) is 10.8 Å². The van der Waals surface area contributed by atoms with Gasteiger partial charge in [-0.15, -0.1) is 0 Å². The molecule has 0 spiro atoms. The minimum atomic E-state index is -0.840. The molecule has 0 saturated heterocycles. The first-order chi connectivity index (χ1) is 7.63. The van der Waals surface area contributed by atoms with Crippen LogP contribution in [0.25, 0.3) is 0 Å². The van der Waals surface area contributed by atoms with E-state index in [4.69, 9.17) is 0 Å². The van der Waals surface area contributed by atoms with E-state index in [-0.39, 0.29) is 0 Å². The Labute approximate surface area is 101 Å². The van der Waals surface area contributed by atoms with Crippen molar-refractivity contribution in [3.05, 3.63) is 29.8 Å². The van der Waals surface area contributed by atoms with Crippen molar-refractivity contribution in [2.24, 2.45) is 0 Å². The topological polar surface area (TPSA) is 29.1 Å². The second-order valence-corrected chi connectivity index (χ2v) is 5.77. The predicted octanol–water partition coefficient (Wildman–Crippen LogP) is 2.49. The van der Waals surface area contributed by atoms with E-state index in [0.717, 1.165) is 23.5 Å². The molecule has 0 aliphatic heterocycles. The number of nitrogens with one attached hydrogen (secondary N) is 1. The average molecular weight is 239 g/mol. The van der Waals surface area contributed by atoms with Gasteiger partial charge in [-0.2, -0.15) is 0 Å². The highest BCUT2D eigenvalue weighted by molar-refractivity contribution is 7.85. The Kier molecular flexibility index (Phi) is 5.71. The summed E-state index contributed by atoms with van der Waals surface area (Å²) in [5, 5.41) is 3.19. The molecule has 1 aromatic carbocycles. The van der Waals surface area contributed by atoms with Crippen LogP contribution in [-0.2, 0) is 10.8 Å². The highest BCUT2D eigenvalue weighted by Crippen LogP contribution is 2.11. The first-order valence-corrected chi connectivity index (χ1v) is 7.07. The number of benzene rings is 1. The molecule has 90 valence electrons. The molecule has 2 nitrogen and oxygen atoms in total. The van der Waals surface area contributed by atoms with E-state index in [1.807, 2.05) is 38.2 Å². The predicted molar refractivity (Wildman–Crippen MR) is 70.2 cm³/mol. The third-order valence-corrected chi connectivity index (χ3v) is 4.15. The van der Waals surface area contributed by atoms with E-state index in [1.54, 1.807) is 0 Å². The van der Waals surface area contributed by atoms with E-state index in [2.05, 4.69) is 12.2 Å². The number of aryl methyl sites for hydroxylation is 1. The Bertz CT molecular complexity index is 352. The maximum atomic E-state index is 12.0. The number of hydrogen-bond acceptors (Lipinski definition) is 2. The third-order valence-electron chi connectivity index (χ3n) is 2.71. The van der Waals surface area contributed by atoms with Gasteiger partial charge in [-0.3, -0.25) is 4.21 Å². The van der Waals surface area contributed by atoms with Crippen LogP contribution in [-0.4, -0.2) is 23.1 Å². The number of hydrogen-bond donors (Lipinski definition) is 1. The molecule has 0 amide bonds. The zero-order chi connectivity index (χ0) is 12.0. The van der Waals surface area contributed by atoms with Crippen molar-refractivity contribution in [2.75, 3.05) is 12.8 Å². The zero-order valence-corrected chi connectivity index (χ0v) is 11.1. The summed E-state index contributed by atoms with van der Waals surface area (Å²) in [7, 11) is 1.12. The lowest BCUT2D eigenvalue weighted by atomic mass is 10.2. The van der Waals surface area contributed by atoms with E-state index >= 15 is 0 Å². The fourth-order valence-corrected chi connectivity index (χ4v) is 2.75. The summed E-state index contributed by atoms with van der Waals surface area (Å²) in [6.07, 6.45) is 2.08. The van der Waals surface area contributed by atoms with Crippen LogP contribution in [0.5, 0.6) is 0 Å². The van der Waals surface area contributed by atoms with Gasteiger partial charge < -0.3 is 5.32 Å². The fourth-order valence-electron chi connectivity index (χ4n) is 1.54. The van der Waals surface area contributed by atoms with Crippen LogP contribution in [0.1, 0.15) is 25.3 Å². The van der Waals surface area contributed by atoms with Gasteiger partial charge in [-0.1, -0.05) is 12.1 Å². The normalized spacial score (nSPS) is 14.7. The van der Waals surface area contributed by atoms with Gasteiger partial charge in [0.2, 0.25) is 0 Å². The molecule has 0 saturated carbocycles. The van der Waals surface area contributed by atoms with Crippen molar-refractivity contribution >= 4 is 10.8 Å². The monoisotopic (exact) mass is 239 g/mol. The Morgan fingerprint density at radius 1 is 1.44 bits per heavy atom. The molecule has 16 heavy (non-hydrogen) atoms. The van der Waals surface area contributed by atoms with E-state index in [9.17, 15) is 4.21 Å². The quantitative estimate of drug-likeness (QED) is 0.826. The van der Waals surface area contributed by atoms with Crippen molar-refractivity contribution < 1.29 is 4.21 Å². The summed E-state index contributed by atoms with van der Waals surface area (Å²) < 4.78 is 12.0. The molecule has 0 aliphatic carbocycles. The Hall–Kier alpha value is -0.670. The van der Waals surface area contributed by atoms with Crippen molar-refractivity contribution in [3.63, 3.8) is 0 Å². The van der Waals surface area contributed by atoms with Crippen LogP contribution in [0, 0.1) is 6.92 Å². The van der Waals surface area contributed by atoms with Gasteiger partial charge in [0.15, 0.2) is 0 Å². The summed E-state index contributed by atoms with van der Waals surface area (Å²) in [5.41, 5.74) is 1.18. The molecule has 1 rings (SSSR count). The molecule has 0 fully saturated rings. The summed E-state index contributed by atoms with van der Waals surface area (Å²) >= 11 is 0. The lowest BCUT2D eigenvalue weighted by Crippen LogP contribution is -2.21. The molecule has 1 N–H and O–H groups in total. The van der Waals surface area contributed by atoms with Gasteiger partial charge in [-0.25, -0.2) is 0 Å². The minimum Gasteiger partial charge on any atom is -0.317 e. The summed E-state index contributed by atoms with van der Waals surface area (Å²) in [5.74, 6) is 0.759. The maximum absolute atomic E-state index is 12.0. The van der Waals surface area contributed by atoms with Crippen LogP contribution in [0.2, 0.25) is 0 Å². The first-order valence-electron chi connectivity index (χ1n) is 5.76. The molecule has 0 aromatic heterocycles.